The van der Waals surface area contributed by atoms with E-state index in [4.69, 9.17) is 4.74 Å². The number of phenolic OH excluding ortho intramolecular Hbond substituents is 1. The third kappa shape index (κ3) is 3.84. The zero-order chi connectivity index (χ0) is 19.3. The predicted octanol–water partition coefficient (Wildman–Crippen LogP) is 5.72. The zero-order valence-corrected chi connectivity index (χ0v) is 16.3. The van der Waals surface area contributed by atoms with Gasteiger partial charge in [-0.25, -0.2) is 0 Å². The number of phenols is 1. The summed E-state index contributed by atoms with van der Waals surface area (Å²) in [4.78, 5) is 2.45. The van der Waals surface area contributed by atoms with Gasteiger partial charge in [0.25, 0.3) is 0 Å². The molecule has 3 aromatic carbocycles. The molecule has 4 rings (SSSR count). The summed E-state index contributed by atoms with van der Waals surface area (Å²) in [7, 11) is 0. The number of benzene rings is 3. The first-order valence-corrected chi connectivity index (χ1v) is 10.1. The van der Waals surface area contributed by atoms with Crippen LogP contribution in [0.5, 0.6) is 11.5 Å². The molecule has 3 heteroatoms. The quantitative estimate of drug-likeness (QED) is 0.561. The first-order chi connectivity index (χ1) is 13.8. The molecule has 0 spiro atoms. The van der Waals surface area contributed by atoms with Crippen LogP contribution in [0.4, 0.5) is 5.69 Å². The van der Waals surface area contributed by atoms with Crippen molar-refractivity contribution in [2.45, 2.75) is 32.2 Å². The average Bonchev–Trinajstić information content (AvgIpc) is 2.74. The molecule has 0 bridgehead atoms. The van der Waals surface area contributed by atoms with Gasteiger partial charge in [-0.3, -0.25) is 0 Å². The molecule has 1 aliphatic heterocycles. The molecule has 144 valence electrons. The van der Waals surface area contributed by atoms with E-state index in [9.17, 15) is 5.11 Å². The molecular weight excluding hydrogens is 346 g/mol. The fraction of sp³-hybridized carbons (Fsp3) is 0.280. The monoisotopic (exact) mass is 373 g/mol. The molecule has 1 aliphatic rings. The van der Waals surface area contributed by atoms with Crippen molar-refractivity contribution in [3.8, 4) is 11.5 Å². The highest BCUT2D eigenvalue weighted by Gasteiger charge is 2.29. The summed E-state index contributed by atoms with van der Waals surface area (Å²) in [6.07, 6.45) is 3.21. The van der Waals surface area contributed by atoms with Gasteiger partial charge in [-0.05, 0) is 65.9 Å². The van der Waals surface area contributed by atoms with Crippen molar-refractivity contribution in [1.29, 1.82) is 0 Å². The van der Waals surface area contributed by atoms with Gasteiger partial charge in [0, 0.05) is 12.2 Å². The van der Waals surface area contributed by atoms with Gasteiger partial charge < -0.3 is 14.7 Å². The third-order valence-electron chi connectivity index (χ3n) is 5.41. The molecule has 0 aromatic heterocycles. The highest BCUT2D eigenvalue weighted by atomic mass is 16.5. The van der Waals surface area contributed by atoms with Crippen molar-refractivity contribution < 1.29 is 9.84 Å². The van der Waals surface area contributed by atoms with Crippen molar-refractivity contribution in [3.63, 3.8) is 0 Å². The van der Waals surface area contributed by atoms with Gasteiger partial charge in [0.05, 0.1) is 12.6 Å². The minimum absolute atomic E-state index is 0.122. The zero-order valence-electron chi connectivity index (χ0n) is 16.3. The lowest BCUT2D eigenvalue weighted by Gasteiger charge is -2.39. The molecule has 1 atom stereocenters. The average molecular weight is 373 g/mol. The number of rotatable bonds is 6. The second kappa shape index (κ2) is 8.39. The first kappa shape index (κ1) is 18.4. The Morgan fingerprint density at radius 3 is 2.54 bits per heavy atom. The summed E-state index contributed by atoms with van der Waals surface area (Å²) >= 11 is 0. The maximum atomic E-state index is 9.74. The molecule has 3 aromatic rings. The van der Waals surface area contributed by atoms with Crippen LogP contribution in [0.15, 0.2) is 72.8 Å². The van der Waals surface area contributed by atoms with Crippen LogP contribution in [0.1, 0.15) is 42.5 Å². The van der Waals surface area contributed by atoms with Gasteiger partial charge in [0.15, 0.2) is 0 Å². The molecule has 0 saturated carbocycles. The van der Waals surface area contributed by atoms with Gasteiger partial charge >= 0.3 is 0 Å². The standard InChI is InChI=1S/C25H27NO2/c1-2-3-17-28-23-13-14-24-20(18-23)15-16-26(21-7-5-4-6-8-21)25(24)19-9-11-22(27)12-10-19/h4-14,18,25,27H,2-3,15-17H2,1H3. The molecule has 1 heterocycles. The number of para-hydroxylation sites is 1. The molecule has 0 aliphatic carbocycles. The van der Waals surface area contributed by atoms with Crippen LogP contribution < -0.4 is 9.64 Å². The van der Waals surface area contributed by atoms with E-state index in [1.165, 1.54) is 22.4 Å². The molecule has 28 heavy (non-hydrogen) atoms. The number of unbranched alkanes of at least 4 members (excludes halogenated alkanes) is 1. The van der Waals surface area contributed by atoms with Crippen LogP contribution in [0.2, 0.25) is 0 Å². The van der Waals surface area contributed by atoms with Gasteiger partial charge in [-0.2, -0.15) is 0 Å². The van der Waals surface area contributed by atoms with E-state index in [0.29, 0.717) is 5.75 Å². The van der Waals surface area contributed by atoms with Crippen LogP contribution in [-0.2, 0) is 6.42 Å². The van der Waals surface area contributed by atoms with Crippen molar-refractivity contribution in [3.05, 3.63) is 89.5 Å². The molecule has 1 N–H and O–H groups in total. The summed E-state index contributed by atoms with van der Waals surface area (Å²) < 4.78 is 5.93. The predicted molar refractivity (Wildman–Crippen MR) is 114 cm³/mol. The van der Waals surface area contributed by atoms with Gasteiger partial charge in [0.2, 0.25) is 0 Å². The fourth-order valence-corrected chi connectivity index (χ4v) is 3.94. The smallest absolute Gasteiger partial charge is 0.119 e. The lowest BCUT2D eigenvalue weighted by atomic mass is 9.87. The second-order valence-corrected chi connectivity index (χ2v) is 7.34. The Balaban J connectivity index is 1.72. The van der Waals surface area contributed by atoms with Crippen molar-refractivity contribution in [2.24, 2.45) is 0 Å². The number of hydrogen-bond acceptors (Lipinski definition) is 3. The molecule has 1 unspecified atom stereocenters. The van der Waals surface area contributed by atoms with Gasteiger partial charge in [0.1, 0.15) is 11.5 Å². The maximum Gasteiger partial charge on any atom is 0.119 e. The van der Waals surface area contributed by atoms with E-state index < -0.39 is 0 Å². The molecule has 0 amide bonds. The van der Waals surface area contributed by atoms with Crippen LogP contribution in [0.25, 0.3) is 0 Å². The minimum Gasteiger partial charge on any atom is -0.508 e. The lowest BCUT2D eigenvalue weighted by Crippen LogP contribution is -2.36. The Morgan fingerprint density at radius 1 is 1.00 bits per heavy atom. The van der Waals surface area contributed by atoms with Crippen molar-refractivity contribution >= 4 is 5.69 Å². The van der Waals surface area contributed by atoms with Crippen LogP contribution in [-0.4, -0.2) is 18.3 Å². The highest BCUT2D eigenvalue weighted by Crippen LogP contribution is 2.39. The van der Waals surface area contributed by atoms with Crippen LogP contribution in [0, 0.1) is 0 Å². The summed E-state index contributed by atoms with van der Waals surface area (Å²) in [5, 5.41) is 9.74. The van der Waals surface area contributed by atoms with Crippen molar-refractivity contribution in [2.75, 3.05) is 18.1 Å². The Morgan fingerprint density at radius 2 is 1.79 bits per heavy atom. The first-order valence-electron chi connectivity index (χ1n) is 10.1. The number of fused-ring (bicyclic) bond motifs is 1. The second-order valence-electron chi connectivity index (χ2n) is 7.34. The number of hydrogen-bond donors (Lipinski definition) is 1. The van der Waals surface area contributed by atoms with Crippen molar-refractivity contribution in [1.82, 2.24) is 0 Å². The van der Waals surface area contributed by atoms with E-state index in [2.05, 4.69) is 60.4 Å². The Kier molecular flexibility index (Phi) is 5.52. The fourth-order valence-electron chi connectivity index (χ4n) is 3.94. The van der Waals surface area contributed by atoms with Crippen LogP contribution in [0.3, 0.4) is 0 Å². The summed E-state index contributed by atoms with van der Waals surface area (Å²) in [5.74, 6) is 1.26. The number of aromatic hydroxyl groups is 1. The largest absolute Gasteiger partial charge is 0.508 e. The molecule has 0 saturated heterocycles. The SMILES string of the molecule is CCCCOc1ccc2c(c1)CCN(c1ccccc1)C2c1ccc(O)cc1. The maximum absolute atomic E-state index is 9.74. The molecule has 0 radical (unpaired) electrons. The van der Waals surface area contributed by atoms with E-state index in [1.807, 2.05) is 12.1 Å². The topological polar surface area (TPSA) is 32.7 Å². The summed E-state index contributed by atoms with van der Waals surface area (Å²) in [6.45, 7) is 3.89. The summed E-state index contributed by atoms with van der Waals surface area (Å²) in [6, 6.07) is 24.8. The molecule has 0 fully saturated rings. The number of nitrogens with zero attached hydrogens (tertiary/aromatic N) is 1. The van der Waals surface area contributed by atoms with E-state index >= 15 is 0 Å². The normalized spacial score (nSPS) is 15.9. The Labute approximate surface area is 167 Å². The molecular formula is C25H27NO2. The summed E-state index contributed by atoms with van der Waals surface area (Å²) in [5.41, 5.74) is 5.06. The van der Waals surface area contributed by atoms with E-state index in [0.717, 1.165) is 38.2 Å². The van der Waals surface area contributed by atoms with Gasteiger partial charge in [-0.15, -0.1) is 0 Å². The van der Waals surface area contributed by atoms with Crippen LogP contribution >= 0.6 is 0 Å². The highest BCUT2D eigenvalue weighted by molar-refractivity contribution is 5.57. The minimum atomic E-state index is 0.122. The Bertz CT molecular complexity index is 906. The number of ether oxygens (including phenoxy) is 1. The Hall–Kier alpha value is -2.94. The molecule has 3 nitrogen and oxygen atoms in total. The lowest BCUT2D eigenvalue weighted by molar-refractivity contribution is 0.309. The van der Waals surface area contributed by atoms with Gasteiger partial charge in [-0.1, -0.05) is 49.7 Å². The van der Waals surface area contributed by atoms with E-state index in [1.54, 1.807) is 12.1 Å². The number of anilines is 1. The third-order valence-corrected chi connectivity index (χ3v) is 5.41. The van der Waals surface area contributed by atoms with E-state index in [-0.39, 0.29) is 6.04 Å².